The van der Waals surface area contributed by atoms with Crippen LogP contribution >= 0.6 is 0 Å². The number of hydrogen-bond donors (Lipinski definition) is 2. The molecule has 0 aromatic carbocycles. The van der Waals surface area contributed by atoms with Crippen molar-refractivity contribution in [2.75, 3.05) is 6.54 Å². The first kappa shape index (κ1) is 18.5. The van der Waals surface area contributed by atoms with Crippen molar-refractivity contribution in [2.24, 2.45) is 13.0 Å². The molecule has 1 fully saturated rings. The summed E-state index contributed by atoms with van der Waals surface area (Å²) in [6.45, 7) is 6.18. The number of aliphatic hydroxyl groups is 1. The standard InChI is InChI=1S/C19H27N5O2/c1-12-5-6-20-16(7-12)19(2,3)18(26)21-10-14-8-13(9-15(14)25)17-23-22-11-24(17)4/h5-7,11,13-15,25H,8-10H2,1-4H3,(H,21,26)/t13-,14+,15+/m0/s1. The zero-order valence-electron chi connectivity index (χ0n) is 15.8. The Labute approximate surface area is 153 Å². The SMILES string of the molecule is Cc1ccnc(C(C)(C)C(=O)NC[C@H]2C[C@H](c3nncn3C)C[C@H]2O)c1. The molecule has 0 unspecified atom stereocenters. The Morgan fingerprint density at radius 3 is 2.85 bits per heavy atom. The van der Waals surface area contributed by atoms with Gasteiger partial charge in [-0.15, -0.1) is 10.2 Å². The predicted molar refractivity (Wildman–Crippen MR) is 97.5 cm³/mol. The number of hydrogen-bond acceptors (Lipinski definition) is 5. The van der Waals surface area contributed by atoms with Crippen LogP contribution in [0.1, 0.15) is 49.7 Å². The van der Waals surface area contributed by atoms with Crippen LogP contribution in [0.4, 0.5) is 0 Å². The molecule has 2 aromatic rings. The Morgan fingerprint density at radius 1 is 1.42 bits per heavy atom. The van der Waals surface area contributed by atoms with Crippen LogP contribution in [0.2, 0.25) is 0 Å². The van der Waals surface area contributed by atoms with Gasteiger partial charge in [0.25, 0.3) is 0 Å². The number of aromatic nitrogens is 4. The second-order valence-corrected chi connectivity index (χ2v) is 7.85. The second kappa shape index (κ2) is 7.15. The van der Waals surface area contributed by atoms with Gasteiger partial charge < -0.3 is 15.0 Å². The molecule has 1 aliphatic rings. The molecule has 1 aliphatic carbocycles. The topological polar surface area (TPSA) is 92.9 Å². The van der Waals surface area contributed by atoms with Crippen molar-refractivity contribution in [2.45, 2.75) is 51.0 Å². The van der Waals surface area contributed by atoms with Crippen molar-refractivity contribution < 1.29 is 9.90 Å². The molecule has 0 spiro atoms. The second-order valence-electron chi connectivity index (χ2n) is 7.85. The maximum absolute atomic E-state index is 12.7. The minimum absolute atomic E-state index is 0.0157. The summed E-state index contributed by atoms with van der Waals surface area (Å²) in [4.78, 5) is 17.1. The molecule has 2 N–H and O–H groups in total. The van der Waals surface area contributed by atoms with Gasteiger partial charge in [0.1, 0.15) is 12.2 Å². The molecule has 0 radical (unpaired) electrons. The summed E-state index contributed by atoms with van der Waals surface area (Å²) in [5.41, 5.74) is 1.10. The number of pyridine rings is 1. The summed E-state index contributed by atoms with van der Waals surface area (Å²) in [7, 11) is 1.91. The van der Waals surface area contributed by atoms with Crippen LogP contribution in [0, 0.1) is 12.8 Å². The van der Waals surface area contributed by atoms with Crippen LogP contribution in [0.5, 0.6) is 0 Å². The van der Waals surface area contributed by atoms with E-state index >= 15 is 0 Å². The van der Waals surface area contributed by atoms with Crippen LogP contribution in [0.25, 0.3) is 0 Å². The summed E-state index contributed by atoms with van der Waals surface area (Å²) >= 11 is 0. The minimum atomic E-state index is -0.724. The van der Waals surface area contributed by atoms with Gasteiger partial charge in [-0.25, -0.2) is 0 Å². The fourth-order valence-electron chi connectivity index (χ4n) is 3.63. The van der Waals surface area contributed by atoms with E-state index in [9.17, 15) is 9.90 Å². The van der Waals surface area contributed by atoms with E-state index in [1.807, 2.05) is 44.5 Å². The third-order valence-electron chi connectivity index (χ3n) is 5.42. The number of rotatable bonds is 5. The smallest absolute Gasteiger partial charge is 0.231 e. The minimum Gasteiger partial charge on any atom is -0.393 e. The molecular formula is C19H27N5O2. The fraction of sp³-hybridized carbons (Fsp3) is 0.579. The van der Waals surface area contributed by atoms with Crippen LogP contribution in [0.15, 0.2) is 24.7 Å². The van der Waals surface area contributed by atoms with E-state index in [-0.39, 0.29) is 17.7 Å². The highest BCUT2D eigenvalue weighted by Crippen LogP contribution is 2.37. The van der Waals surface area contributed by atoms with Gasteiger partial charge in [-0.05, 0) is 51.3 Å². The highest BCUT2D eigenvalue weighted by Gasteiger charge is 2.37. The van der Waals surface area contributed by atoms with Crippen molar-refractivity contribution in [1.29, 1.82) is 0 Å². The zero-order chi connectivity index (χ0) is 18.9. The number of nitrogens with zero attached hydrogens (tertiary/aromatic N) is 4. The Kier molecular flexibility index (Phi) is 5.09. The Morgan fingerprint density at radius 2 is 2.19 bits per heavy atom. The molecule has 1 amide bonds. The van der Waals surface area contributed by atoms with Crippen molar-refractivity contribution in [3.05, 3.63) is 41.7 Å². The van der Waals surface area contributed by atoms with Gasteiger partial charge >= 0.3 is 0 Å². The number of carbonyl (C=O) groups is 1. The van der Waals surface area contributed by atoms with Crippen LogP contribution in [0.3, 0.4) is 0 Å². The summed E-state index contributed by atoms with van der Waals surface area (Å²) in [6.07, 6.45) is 4.39. The van der Waals surface area contributed by atoms with Gasteiger partial charge in [-0.3, -0.25) is 9.78 Å². The molecular weight excluding hydrogens is 330 g/mol. The third-order valence-corrected chi connectivity index (χ3v) is 5.42. The van der Waals surface area contributed by atoms with E-state index in [1.165, 1.54) is 0 Å². The highest BCUT2D eigenvalue weighted by atomic mass is 16.3. The van der Waals surface area contributed by atoms with Crippen LogP contribution in [-0.4, -0.2) is 43.4 Å². The number of amides is 1. The van der Waals surface area contributed by atoms with Gasteiger partial charge in [-0.1, -0.05) is 0 Å². The summed E-state index contributed by atoms with van der Waals surface area (Å²) in [5, 5.41) is 21.5. The average Bonchev–Trinajstić information content (AvgIpc) is 3.18. The number of aryl methyl sites for hydroxylation is 2. The van der Waals surface area contributed by atoms with Crippen LogP contribution < -0.4 is 5.32 Å². The number of aliphatic hydroxyl groups excluding tert-OH is 1. The lowest BCUT2D eigenvalue weighted by Crippen LogP contribution is -2.43. The third kappa shape index (κ3) is 3.62. The average molecular weight is 357 g/mol. The Balaban J connectivity index is 1.61. The quantitative estimate of drug-likeness (QED) is 0.845. The largest absolute Gasteiger partial charge is 0.393 e. The predicted octanol–water partition coefficient (Wildman–Crippen LogP) is 1.47. The monoisotopic (exact) mass is 357 g/mol. The molecule has 0 bridgehead atoms. The molecule has 7 heteroatoms. The molecule has 3 atom stereocenters. The van der Waals surface area contributed by atoms with E-state index in [2.05, 4.69) is 20.5 Å². The molecule has 7 nitrogen and oxygen atoms in total. The number of nitrogens with one attached hydrogen (secondary N) is 1. The number of carbonyl (C=O) groups excluding carboxylic acids is 1. The van der Waals surface area contributed by atoms with Gasteiger partial charge in [0.2, 0.25) is 5.91 Å². The van der Waals surface area contributed by atoms with Crippen molar-refractivity contribution in [3.63, 3.8) is 0 Å². The first-order valence-corrected chi connectivity index (χ1v) is 9.02. The molecule has 140 valence electrons. The lowest BCUT2D eigenvalue weighted by Gasteiger charge is -2.25. The summed E-state index contributed by atoms with van der Waals surface area (Å²) in [5.74, 6) is 1.000. The lowest BCUT2D eigenvalue weighted by atomic mass is 9.87. The molecule has 0 saturated heterocycles. The van der Waals surface area contributed by atoms with E-state index in [4.69, 9.17) is 0 Å². The fourth-order valence-corrected chi connectivity index (χ4v) is 3.63. The molecule has 2 heterocycles. The Hall–Kier alpha value is -2.28. The van der Waals surface area contributed by atoms with Gasteiger partial charge in [0.15, 0.2) is 0 Å². The molecule has 0 aliphatic heterocycles. The van der Waals surface area contributed by atoms with E-state index in [0.29, 0.717) is 13.0 Å². The normalized spacial score (nSPS) is 23.2. The Bertz CT molecular complexity index is 786. The molecule has 3 rings (SSSR count). The molecule has 26 heavy (non-hydrogen) atoms. The summed E-state index contributed by atoms with van der Waals surface area (Å²) < 4.78 is 1.89. The zero-order valence-corrected chi connectivity index (χ0v) is 15.8. The molecule has 1 saturated carbocycles. The summed E-state index contributed by atoms with van der Waals surface area (Å²) in [6, 6.07) is 3.85. The maximum atomic E-state index is 12.7. The lowest BCUT2D eigenvalue weighted by molar-refractivity contribution is -0.126. The maximum Gasteiger partial charge on any atom is 0.231 e. The first-order chi connectivity index (χ1) is 12.3. The van der Waals surface area contributed by atoms with E-state index in [1.54, 1.807) is 12.5 Å². The first-order valence-electron chi connectivity index (χ1n) is 9.02. The molecule has 2 aromatic heterocycles. The van der Waals surface area contributed by atoms with Crippen molar-refractivity contribution in [1.82, 2.24) is 25.1 Å². The van der Waals surface area contributed by atoms with Gasteiger partial charge in [-0.2, -0.15) is 0 Å². The van der Waals surface area contributed by atoms with E-state index in [0.717, 1.165) is 23.5 Å². The van der Waals surface area contributed by atoms with Gasteiger partial charge in [0, 0.05) is 31.6 Å². The highest BCUT2D eigenvalue weighted by molar-refractivity contribution is 5.86. The van der Waals surface area contributed by atoms with Crippen molar-refractivity contribution >= 4 is 5.91 Å². The van der Waals surface area contributed by atoms with E-state index < -0.39 is 11.5 Å². The van der Waals surface area contributed by atoms with Crippen molar-refractivity contribution in [3.8, 4) is 0 Å². The van der Waals surface area contributed by atoms with Gasteiger partial charge in [0.05, 0.1) is 17.2 Å². The van der Waals surface area contributed by atoms with Crippen LogP contribution in [-0.2, 0) is 17.3 Å².